The molecule has 0 aromatic heterocycles. The lowest BCUT2D eigenvalue weighted by Crippen LogP contribution is -2.36. The molecule has 1 saturated heterocycles. The van der Waals surface area contributed by atoms with Crippen LogP contribution in [0.5, 0.6) is 0 Å². The average Bonchev–Trinajstić information content (AvgIpc) is 2.49. The van der Waals surface area contributed by atoms with Crippen LogP contribution in [0.15, 0.2) is 24.3 Å². The minimum absolute atomic E-state index is 0.232. The van der Waals surface area contributed by atoms with Gasteiger partial charge in [-0.15, -0.1) is 0 Å². The van der Waals surface area contributed by atoms with Gasteiger partial charge in [0.15, 0.2) is 0 Å². The van der Waals surface area contributed by atoms with Gasteiger partial charge in [0.2, 0.25) is 0 Å². The number of rotatable bonds is 5. The fraction of sp³-hybridized carbons (Fsp3) is 0.533. The van der Waals surface area contributed by atoms with Crippen LogP contribution in [0.25, 0.3) is 0 Å². The Kier molecular flexibility index (Phi) is 5.24. The molecule has 1 N–H and O–H groups in total. The normalized spacial score (nSPS) is 16.6. The van der Waals surface area contributed by atoms with E-state index in [1.165, 1.54) is 5.69 Å². The topological polar surface area (TPSA) is 50.8 Å². The Morgan fingerprint density at radius 2 is 2.00 bits per heavy atom. The molecule has 5 nitrogen and oxygen atoms in total. The van der Waals surface area contributed by atoms with Gasteiger partial charge in [-0.05, 0) is 38.1 Å². The van der Waals surface area contributed by atoms with Crippen molar-refractivity contribution < 1.29 is 14.3 Å². The molecule has 1 fully saturated rings. The Labute approximate surface area is 119 Å². The van der Waals surface area contributed by atoms with Crippen LogP contribution in [0.4, 0.5) is 11.4 Å². The summed E-state index contributed by atoms with van der Waals surface area (Å²) in [5, 5.41) is 3.14. The maximum atomic E-state index is 11.6. The minimum Gasteiger partial charge on any atom is -0.464 e. The number of carbonyl (C=O) groups is 1. The van der Waals surface area contributed by atoms with Crippen LogP contribution in [0.1, 0.15) is 13.8 Å². The Morgan fingerprint density at radius 1 is 1.35 bits per heavy atom. The first kappa shape index (κ1) is 14.7. The van der Waals surface area contributed by atoms with E-state index in [4.69, 9.17) is 9.47 Å². The van der Waals surface area contributed by atoms with Gasteiger partial charge in [-0.2, -0.15) is 0 Å². The number of carbonyl (C=O) groups excluding carboxylic acids is 1. The molecule has 1 aliphatic heterocycles. The third-order valence-corrected chi connectivity index (χ3v) is 3.27. The first-order chi connectivity index (χ1) is 9.70. The van der Waals surface area contributed by atoms with Crippen LogP contribution in [0, 0.1) is 0 Å². The lowest BCUT2D eigenvalue weighted by Gasteiger charge is -2.29. The molecule has 0 spiro atoms. The van der Waals surface area contributed by atoms with Crippen molar-refractivity contribution in [2.45, 2.75) is 19.9 Å². The predicted octanol–water partition coefficient (Wildman–Crippen LogP) is 1.89. The summed E-state index contributed by atoms with van der Waals surface area (Å²) in [6.45, 7) is 7.41. The summed E-state index contributed by atoms with van der Waals surface area (Å²) in [7, 11) is 0. The lowest BCUT2D eigenvalue weighted by molar-refractivity contribution is -0.143. The summed E-state index contributed by atoms with van der Waals surface area (Å²) in [5.74, 6) is -0.232. The number of ether oxygens (including phenoxy) is 2. The van der Waals surface area contributed by atoms with Crippen LogP contribution >= 0.6 is 0 Å². The summed E-state index contributed by atoms with van der Waals surface area (Å²) in [6.07, 6.45) is 0. The van der Waals surface area contributed by atoms with Gasteiger partial charge in [0.25, 0.3) is 0 Å². The summed E-state index contributed by atoms with van der Waals surface area (Å²) in [6, 6.07) is 7.75. The van der Waals surface area contributed by atoms with Gasteiger partial charge in [0, 0.05) is 24.5 Å². The van der Waals surface area contributed by atoms with Gasteiger partial charge >= 0.3 is 5.97 Å². The molecule has 0 aliphatic carbocycles. The van der Waals surface area contributed by atoms with Crippen LogP contribution in [-0.2, 0) is 14.3 Å². The summed E-state index contributed by atoms with van der Waals surface area (Å²) < 4.78 is 10.3. The second-order valence-electron chi connectivity index (χ2n) is 4.76. The molecule has 20 heavy (non-hydrogen) atoms. The van der Waals surface area contributed by atoms with E-state index in [0.29, 0.717) is 6.61 Å². The highest BCUT2D eigenvalue weighted by Crippen LogP contribution is 2.19. The highest BCUT2D eigenvalue weighted by atomic mass is 16.5. The summed E-state index contributed by atoms with van der Waals surface area (Å²) >= 11 is 0. The predicted molar refractivity (Wildman–Crippen MR) is 79.2 cm³/mol. The molecule has 0 saturated carbocycles. The van der Waals surface area contributed by atoms with Crippen molar-refractivity contribution in [2.24, 2.45) is 0 Å². The van der Waals surface area contributed by atoms with Crippen LogP contribution in [0.2, 0.25) is 0 Å². The first-order valence-electron chi connectivity index (χ1n) is 7.06. The number of nitrogens with one attached hydrogen (secondary N) is 1. The fourth-order valence-electron chi connectivity index (χ4n) is 2.17. The van der Waals surface area contributed by atoms with Crippen LogP contribution < -0.4 is 10.2 Å². The molecule has 1 aliphatic rings. The first-order valence-corrected chi connectivity index (χ1v) is 7.06. The van der Waals surface area contributed by atoms with Crippen LogP contribution in [-0.4, -0.2) is 44.9 Å². The number of anilines is 2. The number of hydrogen-bond acceptors (Lipinski definition) is 5. The maximum absolute atomic E-state index is 11.6. The molecule has 1 aromatic rings. The fourth-order valence-corrected chi connectivity index (χ4v) is 2.17. The van der Waals surface area contributed by atoms with Gasteiger partial charge in [-0.25, -0.2) is 4.79 Å². The van der Waals surface area contributed by atoms with E-state index in [9.17, 15) is 4.79 Å². The molecule has 1 aromatic carbocycles. The smallest absolute Gasteiger partial charge is 0.328 e. The summed E-state index contributed by atoms with van der Waals surface area (Å²) in [5.41, 5.74) is 2.10. The molecule has 0 amide bonds. The number of benzene rings is 1. The second kappa shape index (κ2) is 7.14. The van der Waals surface area contributed by atoms with E-state index in [0.717, 1.165) is 32.0 Å². The van der Waals surface area contributed by atoms with E-state index >= 15 is 0 Å². The Balaban J connectivity index is 1.92. The lowest BCUT2D eigenvalue weighted by atomic mass is 10.2. The van der Waals surface area contributed by atoms with Gasteiger partial charge in [0.05, 0.1) is 19.8 Å². The van der Waals surface area contributed by atoms with Crippen LogP contribution in [0.3, 0.4) is 0 Å². The Hall–Kier alpha value is -1.75. The molecule has 0 bridgehead atoms. The molecule has 1 heterocycles. The highest BCUT2D eigenvalue weighted by molar-refractivity contribution is 5.78. The SMILES string of the molecule is CCOC(=O)C(C)Nc1ccc(N2CCOCC2)cc1. The van der Waals surface area contributed by atoms with Crippen molar-refractivity contribution in [2.75, 3.05) is 43.1 Å². The molecular weight excluding hydrogens is 256 g/mol. The van der Waals surface area contributed by atoms with E-state index in [2.05, 4.69) is 22.3 Å². The largest absolute Gasteiger partial charge is 0.464 e. The van der Waals surface area contributed by atoms with Crippen molar-refractivity contribution in [1.82, 2.24) is 0 Å². The van der Waals surface area contributed by atoms with E-state index < -0.39 is 0 Å². The Bertz CT molecular complexity index is 427. The monoisotopic (exact) mass is 278 g/mol. The van der Waals surface area contributed by atoms with Crippen molar-refractivity contribution in [3.05, 3.63) is 24.3 Å². The third kappa shape index (κ3) is 3.87. The average molecular weight is 278 g/mol. The third-order valence-electron chi connectivity index (χ3n) is 3.27. The zero-order chi connectivity index (χ0) is 14.4. The zero-order valence-corrected chi connectivity index (χ0v) is 12.1. The van der Waals surface area contributed by atoms with E-state index in [1.54, 1.807) is 6.92 Å². The van der Waals surface area contributed by atoms with Crippen molar-refractivity contribution in [3.63, 3.8) is 0 Å². The zero-order valence-electron chi connectivity index (χ0n) is 12.1. The molecule has 1 atom stereocenters. The van der Waals surface area contributed by atoms with Gasteiger partial charge in [0.1, 0.15) is 6.04 Å². The molecular formula is C15H22N2O3. The van der Waals surface area contributed by atoms with E-state index in [1.807, 2.05) is 19.1 Å². The van der Waals surface area contributed by atoms with Crippen molar-refractivity contribution in [3.8, 4) is 0 Å². The summed E-state index contributed by atoms with van der Waals surface area (Å²) in [4.78, 5) is 13.8. The second-order valence-corrected chi connectivity index (χ2v) is 4.76. The van der Waals surface area contributed by atoms with Gasteiger partial charge < -0.3 is 19.7 Å². The molecule has 2 rings (SSSR count). The highest BCUT2D eigenvalue weighted by Gasteiger charge is 2.14. The number of nitrogens with zero attached hydrogens (tertiary/aromatic N) is 1. The minimum atomic E-state index is -0.343. The maximum Gasteiger partial charge on any atom is 0.328 e. The molecule has 1 unspecified atom stereocenters. The van der Waals surface area contributed by atoms with Crippen molar-refractivity contribution in [1.29, 1.82) is 0 Å². The van der Waals surface area contributed by atoms with E-state index in [-0.39, 0.29) is 12.0 Å². The molecule has 5 heteroatoms. The Morgan fingerprint density at radius 3 is 2.60 bits per heavy atom. The molecule has 110 valence electrons. The standard InChI is InChI=1S/C15H22N2O3/c1-3-20-15(18)12(2)16-13-4-6-14(7-5-13)17-8-10-19-11-9-17/h4-7,12,16H,3,8-11H2,1-2H3. The van der Waals surface area contributed by atoms with Gasteiger partial charge in [-0.3, -0.25) is 0 Å². The molecule has 0 radical (unpaired) electrons. The quantitative estimate of drug-likeness (QED) is 0.834. The number of esters is 1. The van der Waals surface area contributed by atoms with Crippen molar-refractivity contribution >= 4 is 17.3 Å². The number of morpholine rings is 1. The number of hydrogen-bond donors (Lipinski definition) is 1. The van der Waals surface area contributed by atoms with Gasteiger partial charge in [-0.1, -0.05) is 0 Å².